The smallest absolute Gasteiger partial charge is 0.338 e. The van der Waals surface area contributed by atoms with Gasteiger partial charge < -0.3 is 14.2 Å². The largest absolute Gasteiger partial charge is 0.467 e. The van der Waals surface area contributed by atoms with E-state index in [-0.39, 0.29) is 25.7 Å². The molecule has 0 aliphatic carbocycles. The van der Waals surface area contributed by atoms with Crippen molar-refractivity contribution < 1.29 is 23.9 Å². The molecule has 31 heavy (non-hydrogen) atoms. The fourth-order valence-electron chi connectivity index (χ4n) is 3.33. The molecule has 0 N–H and O–H groups in total. The van der Waals surface area contributed by atoms with E-state index >= 15 is 0 Å². The summed E-state index contributed by atoms with van der Waals surface area (Å²) in [5.41, 5.74) is 3.44. The molecule has 0 fully saturated rings. The van der Waals surface area contributed by atoms with Crippen molar-refractivity contribution in [1.82, 2.24) is 9.78 Å². The molecule has 9 nitrogen and oxygen atoms in total. The number of hydrogen-bond acceptors (Lipinski definition) is 7. The molecule has 2 heterocycles. The Kier molecular flexibility index (Phi) is 5.62. The quantitative estimate of drug-likeness (QED) is 0.329. The number of non-ortho nitro benzene ring substituents is 1. The molecule has 4 rings (SSSR count). The lowest BCUT2D eigenvalue weighted by Crippen LogP contribution is -2.15. The SMILES string of the molecule is Cc1nn(-c2ccc(C(=O)OCc3cc([N+](=O)[O-])cc4c3OCOC4)cc2)c(C)c1Cl. The normalized spacial score (nSPS) is 12.7. The van der Waals surface area contributed by atoms with Crippen molar-refractivity contribution in [3.8, 4) is 11.4 Å². The fraction of sp³-hybridized carbons (Fsp3) is 0.238. The van der Waals surface area contributed by atoms with Crippen LogP contribution in [0.2, 0.25) is 5.02 Å². The fourth-order valence-corrected chi connectivity index (χ4v) is 3.45. The summed E-state index contributed by atoms with van der Waals surface area (Å²) in [7, 11) is 0. The van der Waals surface area contributed by atoms with Crippen molar-refractivity contribution in [3.05, 3.63) is 79.6 Å². The standard InChI is InChI=1S/C21H18ClN3O6/c1-12-19(22)13(2)24(23-12)17-5-3-14(4-6-17)21(26)30-10-16-8-18(25(27)28)7-15-9-29-11-31-20(15)16/h3-8H,9-11H2,1-2H3. The molecular formula is C21H18ClN3O6. The van der Waals surface area contributed by atoms with Crippen LogP contribution in [0.15, 0.2) is 36.4 Å². The van der Waals surface area contributed by atoms with Crippen LogP contribution in [-0.2, 0) is 22.7 Å². The summed E-state index contributed by atoms with van der Waals surface area (Å²) in [6.07, 6.45) is 0. The number of hydrogen-bond donors (Lipinski definition) is 0. The lowest BCUT2D eigenvalue weighted by Gasteiger charge is -2.20. The van der Waals surface area contributed by atoms with Crippen molar-refractivity contribution in [2.45, 2.75) is 27.1 Å². The number of aryl methyl sites for hydroxylation is 1. The van der Waals surface area contributed by atoms with E-state index in [0.29, 0.717) is 27.5 Å². The molecular weight excluding hydrogens is 426 g/mol. The number of halogens is 1. The van der Waals surface area contributed by atoms with E-state index in [1.54, 1.807) is 28.9 Å². The van der Waals surface area contributed by atoms with Crippen LogP contribution in [0.5, 0.6) is 5.75 Å². The highest BCUT2D eigenvalue weighted by molar-refractivity contribution is 6.31. The molecule has 0 atom stereocenters. The van der Waals surface area contributed by atoms with E-state index in [4.69, 9.17) is 25.8 Å². The molecule has 0 unspecified atom stereocenters. The molecule has 0 saturated carbocycles. The summed E-state index contributed by atoms with van der Waals surface area (Å²) in [5.74, 6) is -0.119. The zero-order valence-corrected chi connectivity index (χ0v) is 17.5. The zero-order chi connectivity index (χ0) is 22.1. The second-order valence-electron chi connectivity index (χ2n) is 6.98. The number of ether oxygens (including phenoxy) is 3. The Balaban J connectivity index is 1.51. The van der Waals surface area contributed by atoms with Gasteiger partial charge in [0.1, 0.15) is 12.4 Å². The third-order valence-corrected chi connectivity index (χ3v) is 5.44. The molecule has 1 aliphatic rings. The summed E-state index contributed by atoms with van der Waals surface area (Å²) in [5, 5.41) is 16.2. The highest BCUT2D eigenvalue weighted by Crippen LogP contribution is 2.33. The molecule has 0 spiro atoms. The molecule has 0 radical (unpaired) electrons. The van der Waals surface area contributed by atoms with Gasteiger partial charge >= 0.3 is 5.97 Å². The molecule has 160 valence electrons. The van der Waals surface area contributed by atoms with Gasteiger partial charge in [-0.2, -0.15) is 5.10 Å². The van der Waals surface area contributed by atoms with Gasteiger partial charge in [0, 0.05) is 23.3 Å². The van der Waals surface area contributed by atoms with Crippen LogP contribution in [0.1, 0.15) is 32.9 Å². The highest BCUT2D eigenvalue weighted by atomic mass is 35.5. The van der Waals surface area contributed by atoms with E-state index in [2.05, 4.69) is 5.10 Å². The Morgan fingerprint density at radius 3 is 2.68 bits per heavy atom. The van der Waals surface area contributed by atoms with Crippen LogP contribution >= 0.6 is 11.6 Å². The number of aromatic nitrogens is 2. The molecule has 0 amide bonds. The van der Waals surface area contributed by atoms with Crippen LogP contribution in [0.4, 0.5) is 5.69 Å². The van der Waals surface area contributed by atoms with Gasteiger partial charge in [0.05, 0.1) is 39.2 Å². The van der Waals surface area contributed by atoms with Gasteiger partial charge in [0.15, 0.2) is 6.79 Å². The first-order valence-electron chi connectivity index (χ1n) is 9.35. The van der Waals surface area contributed by atoms with E-state index in [0.717, 1.165) is 17.1 Å². The number of carbonyl (C=O) groups is 1. The minimum absolute atomic E-state index is 0.0313. The summed E-state index contributed by atoms with van der Waals surface area (Å²) in [6.45, 7) is 3.73. The third-order valence-electron chi connectivity index (χ3n) is 4.89. The van der Waals surface area contributed by atoms with Gasteiger partial charge in [-0.05, 0) is 38.1 Å². The molecule has 3 aromatic rings. The summed E-state index contributed by atoms with van der Waals surface area (Å²) >= 11 is 6.19. The average molecular weight is 444 g/mol. The maximum absolute atomic E-state index is 12.5. The first-order valence-corrected chi connectivity index (χ1v) is 9.73. The Morgan fingerprint density at radius 2 is 2.03 bits per heavy atom. The average Bonchev–Trinajstić information content (AvgIpc) is 3.04. The van der Waals surface area contributed by atoms with Gasteiger partial charge in [-0.25, -0.2) is 9.48 Å². The monoisotopic (exact) mass is 443 g/mol. The number of esters is 1. The third kappa shape index (κ3) is 4.10. The Bertz CT molecular complexity index is 1170. The summed E-state index contributed by atoms with van der Waals surface area (Å²) in [4.78, 5) is 23.2. The molecule has 0 saturated heterocycles. The predicted octanol–water partition coefficient (Wildman–Crippen LogP) is 4.27. The Hall–Kier alpha value is -3.43. The van der Waals surface area contributed by atoms with E-state index in [9.17, 15) is 14.9 Å². The summed E-state index contributed by atoms with van der Waals surface area (Å²) in [6, 6.07) is 9.45. The topological polar surface area (TPSA) is 106 Å². The van der Waals surface area contributed by atoms with Gasteiger partial charge in [0.25, 0.3) is 5.69 Å². The molecule has 0 bridgehead atoms. The number of nitro benzene ring substituents is 1. The van der Waals surface area contributed by atoms with E-state index in [1.807, 2.05) is 13.8 Å². The van der Waals surface area contributed by atoms with Crippen LogP contribution < -0.4 is 4.74 Å². The first-order chi connectivity index (χ1) is 14.8. The zero-order valence-electron chi connectivity index (χ0n) is 16.8. The van der Waals surface area contributed by atoms with Crippen molar-refractivity contribution >= 4 is 23.3 Å². The van der Waals surface area contributed by atoms with Gasteiger partial charge in [-0.1, -0.05) is 11.6 Å². The predicted molar refractivity (Wildman–Crippen MR) is 111 cm³/mol. The number of benzene rings is 2. The number of carbonyl (C=O) groups excluding carboxylic acids is 1. The minimum atomic E-state index is -0.565. The molecule has 10 heteroatoms. The van der Waals surface area contributed by atoms with E-state index < -0.39 is 10.9 Å². The van der Waals surface area contributed by atoms with E-state index in [1.165, 1.54) is 12.1 Å². The lowest BCUT2D eigenvalue weighted by atomic mass is 10.1. The van der Waals surface area contributed by atoms with Gasteiger partial charge in [-0.15, -0.1) is 0 Å². The van der Waals surface area contributed by atoms with Crippen LogP contribution in [0.3, 0.4) is 0 Å². The molecule has 1 aromatic heterocycles. The van der Waals surface area contributed by atoms with Crippen molar-refractivity contribution in [2.75, 3.05) is 6.79 Å². The van der Waals surface area contributed by atoms with Crippen molar-refractivity contribution in [2.24, 2.45) is 0 Å². The second kappa shape index (κ2) is 8.37. The van der Waals surface area contributed by atoms with Crippen molar-refractivity contribution in [3.63, 3.8) is 0 Å². The van der Waals surface area contributed by atoms with Gasteiger partial charge in [-0.3, -0.25) is 10.1 Å². The minimum Gasteiger partial charge on any atom is -0.467 e. The number of rotatable bonds is 5. The number of nitro groups is 1. The second-order valence-corrected chi connectivity index (χ2v) is 7.36. The maximum Gasteiger partial charge on any atom is 0.338 e. The first kappa shape index (κ1) is 20.8. The molecule has 2 aromatic carbocycles. The Morgan fingerprint density at radius 1 is 1.29 bits per heavy atom. The maximum atomic E-state index is 12.5. The van der Waals surface area contributed by atoms with Crippen molar-refractivity contribution in [1.29, 1.82) is 0 Å². The van der Waals surface area contributed by atoms with Crippen LogP contribution in [0.25, 0.3) is 5.69 Å². The number of nitrogens with zero attached hydrogens (tertiary/aromatic N) is 3. The Labute approximate surface area is 182 Å². The molecule has 1 aliphatic heterocycles. The summed E-state index contributed by atoms with van der Waals surface area (Å²) < 4.78 is 17.7. The van der Waals surface area contributed by atoms with Crippen LogP contribution in [0, 0.1) is 24.0 Å². The van der Waals surface area contributed by atoms with Crippen LogP contribution in [-0.4, -0.2) is 27.5 Å². The lowest BCUT2D eigenvalue weighted by molar-refractivity contribution is -0.385. The number of fused-ring (bicyclic) bond motifs is 1. The van der Waals surface area contributed by atoms with Gasteiger partial charge in [0.2, 0.25) is 0 Å². The highest BCUT2D eigenvalue weighted by Gasteiger charge is 2.22.